The molecule has 1 aromatic rings. The molecule has 1 nitrogen and oxygen atoms in total. The maximum absolute atomic E-state index is 6.10. The highest BCUT2D eigenvalue weighted by Gasteiger charge is 2.29. The van der Waals surface area contributed by atoms with Crippen molar-refractivity contribution in [1.29, 1.82) is 0 Å². The molecule has 70 valence electrons. The number of aryl methyl sites for hydroxylation is 1. The van der Waals surface area contributed by atoms with Crippen LogP contribution in [0.15, 0.2) is 22.7 Å². The molecule has 2 N–H and O–H groups in total. The van der Waals surface area contributed by atoms with E-state index in [1.807, 2.05) is 0 Å². The molecule has 2 heteroatoms. The third kappa shape index (κ3) is 1.94. The van der Waals surface area contributed by atoms with Crippen LogP contribution in [0.2, 0.25) is 0 Å². The molecule has 1 aliphatic carbocycles. The summed E-state index contributed by atoms with van der Waals surface area (Å²) in [5.41, 5.74) is 8.63. The van der Waals surface area contributed by atoms with Gasteiger partial charge in [-0.2, -0.15) is 0 Å². The van der Waals surface area contributed by atoms with Crippen molar-refractivity contribution in [3.8, 4) is 0 Å². The monoisotopic (exact) mass is 239 g/mol. The predicted octanol–water partition coefficient (Wildman–Crippen LogP) is 3.17. The second-order valence-electron chi connectivity index (χ2n) is 3.87. The van der Waals surface area contributed by atoms with E-state index >= 15 is 0 Å². The second-order valence-corrected chi connectivity index (χ2v) is 4.73. The Labute approximate surface area is 87.5 Å². The summed E-state index contributed by atoms with van der Waals surface area (Å²) >= 11 is 3.53. The molecule has 2 rings (SSSR count). The molecule has 1 fully saturated rings. The second kappa shape index (κ2) is 3.43. The Hall–Kier alpha value is -0.340. The van der Waals surface area contributed by atoms with Crippen LogP contribution in [-0.2, 0) is 0 Å². The van der Waals surface area contributed by atoms with E-state index in [1.165, 1.54) is 28.4 Å². The molecule has 1 aromatic carbocycles. The van der Waals surface area contributed by atoms with E-state index in [9.17, 15) is 0 Å². The van der Waals surface area contributed by atoms with Crippen molar-refractivity contribution in [3.63, 3.8) is 0 Å². The molecule has 1 aliphatic rings. The van der Waals surface area contributed by atoms with Crippen molar-refractivity contribution >= 4 is 15.9 Å². The van der Waals surface area contributed by atoms with Crippen LogP contribution >= 0.6 is 15.9 Å². The van der Waals surface area contributed by atoms with Crippen LogP contribution < -0.4 is 5.73 Å². The Bertz CT molecular complexity index is 318. The van der Waals surface area contributed by atoms with E-state index in [0.29, 0.717) is 0 Å². The summed E-state index contributed by atoms with van der Waals surface area (Å²) in [6.45, 7) is 2.09. The summed E-state index contributed by atoms with van der Waals surface area (Å²) in [4.78, 5) is 0. The summed E-state index contributed by atoms with van der Waals surface area (Å²) in [6.07, 6.45) is 2.60. The average molecular weight is 240 g/mol. The molecule has 1 atom stereocenters. The highest BCUT2D eigenvalue weighted by Crippen LogP contribution is 2.39. The Morgan fingerprint density at radius 2 is 2.15 bits per heavy atom. The molecular weight excluding hydrogens is 226 g/mol. The number of hydrogen-bond donors (Lipinski definition) is 1. The SMILES string of the molecule is Cc1ccc([C@H](N)C2CC2)cc1Br. The maximum atomic E-state index is 6.10. The van der Waals surface area contributed by atoms with E-state index in [4.69, 9.17) is 5.73 Å². The predicted molar refractivity (Wildman–Crippen MR) is 58.5 cm³/mol. The van der Waals surface area contributed by atoms with Gasteiger partial charge in [0.2, 0.25) is 0 Å². The molecule has 0 unspecified atom stereocenters. The summed E-state index contributed by atoms with van der Waals surface area (Å²) < 4.78 is 1.17. The molecule has 0 amide bonds. The smallest absolute Gasteiger partial charge is 0.0323 e. The maximum Gasteiger partial charge on any atom is 0.0323 e. The van der Waals surface area contributed by atoms with Gasteiger partial charge in [-0.05, 0) is 42.9 Å². The van der Waals surface area contributed by atoms with Gasteiger partial charge in [-0.3, -0.25) is 0 Å². The first-order valence-corrected chi connectivity index (χ1v) is 5.49. The molecular formula is C11H14BrN. The van der Waals surface area contributed by atoms with Gasteiger partial charge in [0.1, 0.15) is 0 Å². The molecule has 0 bridgehead atoms. The summed E-state index contributed by atoms with van der Waals surface area (Å²) in [6, 6.07) is 6.67. The van der Waals surface area contributed by atoms with Crippen molar-refractivity contribution in [3.05, 3.63) is 33.8 Å². The lowest BCUT2D eigenvalue weighted by Gasteiger charge is -2.11. The van der Waals surface area contributed by atoms with Gasteiger partial charge in [0, 0.05) is 10.5 Å². The molecule has 0 aromatic heterocycles. The van der Waals surface area contributed by atoms with Crippen LogP contribution in [0.4, 0.5) is 0 Å². The minimum absolute atomic E-state index is 0.247. The average Bonchev–Trinajstić information content (AvgIpc) is 2.91. The minimum atomic E-state index is 0.247. The fourth-order valence-corrected chi connectivity index (χ4v) is 1.94. The zero-order valence-corrected chi connectivity index (χ0v) is 9.34. The summed E-state index contributed by atoms with van der Waals surface area (Å²) in [7, 11) is 0. The lowest BCUT2D eigenvalue weighted by atomic mass is 10.0. The molecule has 0 radical (unpaired) electrons. The zero-order chi connectivity index (χ0) is 9.42. The largest absolute Gasteiger partial charge is 0.324 e. The number of hydrogen-bond acceptors (Lipinski definition) is 1. The zero-order valence-electron chi connectivity index (χ0n) is 7.76. The molecule has 0 saturated heterocycles. The van der Waals surface area contributed by atoms with Gasteiger partial charge >= 0.3 is 0 Å². The minimum Gasteiger partial charge on any atom is -0.324 e. The topological polar surface area (TPSA) is 26.0 Å². The molecule has 0 aliphatic heterocycles. The van der Waals surface area contributed by atoms with Gasteiger partial charge in [-0.25, -0.2) is 0 Å². The number of halogens is 1. The van der Waals surface area contributed by atoms with Crippen LogP contribution in [0.25, 0.3) is 0 Å². The van der Waals surface area contributed by atoms with Crippen molar-refractivity contribution in [2.45, 2.75) is 25.8 Å². The first kappa shape index (κ1) is 9.22. The first-order chi connectivity index (χ1) is 6.18. The van der Waals surface area contributed by atoms with Crippen LogP contribution in [0.5, 0.6) is 0 Å². The van der Waals surface area contributed by atoms with Gasteiger partial charge in [-0.1, -0.05) is 28.1 Å². The van der Waals surface area contributed by atoms with Crippen molar-refractivity contribution in [2.24, 2.45) is 11.7 Å². The van der Waals surface area contributed by atoms with Gasteiger partial charge in [0.15, 0.2) is 0 Å². The van der Waals surface area contributed by atoms with Crippen LogP contribution in [0.3, 0.4) is 0 Å². The van der Waals surface area contributed by atoms with Gasteiger partial charge < -0.3 is 5.73 Å². The molecule has 0 heterocycles. The van der Waals surface area contributed by atoms with Gasteiger partial charge in [-0.15, -0.1) is 0 Å². The molecule has 0 spiro atoms. The summed E-state index contributed by atoms with van der Waals surface area (Å²) in [5.74, 6) is 0.731. The van der Waals surface area contributed by atoms with E-state index in [0.717, 1.165) is 5.92 Å². The Morgan fingerprint density at radius 3 is 2.69 bits per heavy atom. The number of rotatable bonds is 2. The van der Waals surface area contributed by atoms with E-state index in [1.54, 1.807) is 0 Å². The third-order valence-corrected chi connectivity index (χ3v) is 3.57. The Morgan fingerprint density at radius 1 is 1.46 bits per heavy atom. The van der Waals surface area contributed by atoms with E-state index in [-0.39, 0.29) is 6.04 Å². The quantitative estimate of drug-likeness (QED) is 0.844. The lowest BCUT2D eigenvalue weighted by molar-refractivity contribution is 0.633. The fourth-order valence-electron chi connectivity index (χ4n) is 1.54. The van der Waals surface area contributed by atoms with E-state index in [2.05, 4.69) is 41.1 Å². The molecule has 1 saturated carbocycles. The normalized spacial score (nSPS) is 18.7. The van der Waals surface area contributed by atoms with Crippen LogP contribution in [-0.4, -0.2) is 0 Å². The van der Waals surface area contributed by atoms with Crippen molar-refractivity contribution in [1.82, 2.24) is 0 Å². The summed E-state index contributed by atoms with van der Waals surface area (Å²) in [5, 5.41) is 0. The number of nitrogens with two attached hydrogens (primary N) is 1. The highest BCUT2D eigenvalue weighted by molar-refractivity contribution is 9.10. The van der Waals surface area contributed by atoms with Crippen molar-refractivity contribution in [2.75, 3.05) is 0 Å². The Balaban J connectivity index is 2.24. The third-order valence-electron chi connectivity index (χ3n) is 2.71. The van der Waals surface area contributed by atoms with Gasteiger partial charge in [0.05, 0.1) is 0 Å². The lowest BCUT2D eigenvalue weighted by Crippen LogP contribution is -2.12. The van der Waals surface area contributed by atoms with Crippen molar-refractivity contribution < 1.29 is 0 Å². The fraction of sp³-hybridized carbons (Fsp3) is 0.455. The van der Waals surface area contributed by atoms with Crippen LogP contribution in [0.1, 0.15) is 30.0 Å². The standard InChI is InChI=1S/C11H14BrN/c1-7-2-3-9(6-10(7)12)11(13)8-4-5-8/h2-3,6,8,11H,4-5,13H2,1H3/t11-/m1/s1. The van der Waals surface area contributed by atoms with E-state index < -0.39 is 0 Å². The highest BCUT2D eigenvalue weighted by atomic mass is 79.9. The first-order valence-electron chi connectivity index (χ1n) is 4.70. The number of benzene rings is 1. The molecule has 13 heavy (non-hydrogen) atoms. The van der Waals surface area contributed by atoms with Gasteiger partial charge in [0.25, 0.3) is 0 Å². The van der Waals surface area contributed by atoms with Crippen LogP contribution in [0, 0.1) is 12.8 Å². The Kier molecular flexibility index (Phi) is 2.43.